The zero-order chi connectivity index (χ0) is 11.7. The van der Waals surface area contributed by atoms with Crippen molar-refractivity contribution in [3.8, 4) is 0 Å². The second kappa shape index (κ2) is 5.85. The molecule has 0 bridgehead atoms. The van der Waals surface area contributed by atoms with Gasteiger partial charge in [0.2, 0.25) is 0 Å². The van der Waals surface area contributed by atoms with Gasteiger partial charge in [0.25, 0.3) is 0 Å². The lowest BCUT2D eigenvalue weighted by Crippen LogP contribution is -2.48. The molecule has 2 heterocycles. The van der Waals surface area contributed by atoms with Gasteiger partial charge in [-0.2, -0.15) is 5.10 Å². The van der Waals surface area contributed by atoms with Crippen LogP contribution in [0, 0.1) is 13.8 Å². The summed E-state index contributed by atoms with van der Waals surface area (Å²) < 4.78 is 1.98. The van der Waals surface area contributed by atoms with Crippen molar-refractivity contribution >= 4 is 12.4 Å². The van der Waals surface area contributed by atoms with Gasteiger partial charge in [-0.05, 0) is 20.8 Å². The summed E-state index contributed by atoms with van der Waals surface area (Å²) in [7, 11) is 2.02. The Bertz CT molecular complexity index is 375. The first-order valence-corrected chi connectivity index (χ1v) is 6.02. The molecular weight excluding hydrogens is 236 g/mol. The number of halogens is 1. The fourth-order valence-corrected chi connectivity index (χ4v) is 2.43. The molecule has 0 aliphatic carbocycles. The SMILES string of the molecule is Cc1nn(C)c(C)c1CN1CCNC(C)C1.Cl. The Morgan fingerprint density at radius 2 is 2.12 bits per heavy atom. The number of hydrogen-bond donors (Lipinski definition) is 1. The highest BCUT2D eigenvalue weighted by Gasteiger charge is 2.18. The molecule has 98 valence electrons. The molecule has 0 radical (unpaired) electrons. The molecule has 1 aliphatic rings. The van der Waals surface area contributed by atoms with Gasteiger partial charge in [-0.15, -0.1) is 12.4 Å². The van der Waals surface area contributed by atoms with E-state index in [9.17, 15) is 0 Å². The van der Waals surface area contributed by atoms with E-state index in [-0.39, 0.29) is 12.4 Å². The van der Waals surface area contributed by atoms with Crippen molar-refractivity contribution in [1.29, 1.82) is 0 Å². The third kappa shape index (κ3) is 3.21. The first-order chi connectivity index (χ1) is 7.58. The molecule has 1 N–H and O–H groups in total. The molecule has 0 saturated carbocycles. The third-order valence-electron chi connectivity index (χ3n) is 3.49. The van der Waals surface area contributed by atoms with Crippen LogP contribution in [0.15, 0.2) is 0 Å². The van der Waals surface area contributed by atoms with Crippen LogP contribution in [0.25, 0.3) is 0 Å². The van der Waals surface area contributed by atoms with Gasteiger partial charge in [-0.1, -0.05) is 0 Å². The van der Waals surface area contributed by atoms with Crippen molar-refractivity contribution in [3.63, 3.8) is 0 Å². The maximum Gasteiger partial charge on any atom is 0.0641 e. The van der Waals surface area contributed by atoms with Gasteiger partial charge >= 0.3 is 0 Å². The Kier molecular flexibility index (Phi) is 4.98. The predicted molar refractivity (Wildman–Crippen MR) is 72.7 cm³/mol. The molecule has 5 heteroatoms. The lowest BCUT2D eigenvalue weighted by Gasteiger charge is -2.31. The van der Waals surface area contributed by atoms with Crippen LogP contribution >= 0.6 is 12.4 Å². The largest absolute Gasteiger partial charge is 0.312 e. The molecule has 4 nitrogen and oxygen atoms in total. The van der Waals surface area contributed by atoms with Gasteiger partial charge in [0.05, 0.1) is 5.69 Å². The molecular formula is C12H23ClN4. The maximum absolute atomic E-state index is 4.47. The van der Waals surface area contributed by atoms with Crippen molar-refractivity contribution in [1.82, 2.24) is 20.0 Å². The highest BCUT2D eigenvalue weighted by molar-refractivity contribution is 5.85. The van der Waals surface area contributed by atoms with Crippen LogP contribution in [0.3, 0.4) is 0 Å². The van der Waals surface area contributed by atoms with E-state index in [2.05, 4.69) is 36.1 Å². The number of aromatic nitrogens is 2. The van der Waals surface area contributed by atoms with E-state index in [0.29, 0.717) is 6.04 Å². The van der Waals surface area contributed by atoms with Crippen molar-refractivity contribution in [2.24, 2.45) is 7.05 Å². The summed E-state index contributed by atoms with van der Waals surface area (Å²) in [5.74, 6) is 0. The minimum Gasteiger partial charge on any atom is -0.312 e. The summed E-state index contributed by atoms with van der Waals surface area (Å²) in [6.45, 7) is 10.9. The molecule has 0 amide bonds. The van der Waals surface area contributed by atoms with Gasteiger partial charge in [0, 0.05) is 50.5 Å². The van der Waals surface area contributed by atoms with Gasteiger partial charge in [0.15, 0.2) is 0 Å². The second-order valence-electron chi connectivity index (χ2n) is 4.86. The van der Waals surface area contributed by atoms with Crippen LogP contribution in [-0.2, 0) is 13.6 Å². The van der Waals surface area contributed by atoms with Crippen LogP contribution in [-0.4, -0.2) is 40.4 Å². The van der Waals surface area contributed by atoms with Crippen molar-refractivity contribution in [2.75, 3.05) is 19.6 Å². The predicted octanol–water partition coefficient (Wildman–Crippen LogP) is 1.25. The van der Waals surface area contributed by atoms with Gasteiger partial charge in [-0.25, -0.2) is 0 Å². The van der Waals surface area contributed by atoms with Crippen molar-refractivity contribution < 1.29 is 0 Å². The minimum absolute atomic E-state index is 0. The zero-order valence-corrected chi connectivity index (χ0v) is 12.0. The normalized spacial score (nSPS) is 21.3. The summed E-state index contributed by atoms with van der Waals surface area (Å²) in [5.41, 5.74) is 3.87. The number of piperazine rings is 1. The molecule has 1 aliphatic heterocycles. The van der Waals surface area contributed by atoms with Gasteiger partial charge < -0.3 is 5.32 Å². The van der Waals surface area contributed by atoms with E-state index in [1.807, 2.05) is 11.7 Å². The molecule has 0 spiro atoms. The summed E-state index contributed by atoms with van der Waals surface area (Å²) in [6.07, 6.45) is 0. The Balaban J connectivity index is 0.00000144. The van der Waals surface area contributed by atoms with Crippen LogP contribution in [0.5, 0.6) is 0 Å². The number of rotatable bonds is 2. The van der Waals surface area contributed by atoms with Crippen molar-refractivity contribution in [3.05, 3.63) is 17.0 Å². The fourth-order valence-electron chi connectivity index (χ4n) is 2.43. The summed E-state index contributed by atoms with van der Waals surface area (Å²) in [6, 6.07) is 0.603. The highest BCUT2D eigenvalue weighted by Crippen LogP contribution is 2.15. The molecule has 1 unspecified atom stereocenters. The number of nitrogens with zero attached hydrogens (tertiary/aromatic N) is 3. The molecule has 1 aromatic heterocycles. The monoisotopic (exact) mass is 258 g/mol. The lowest BCUT2D eigenvalue weighted by molar-refractivity contribution is 0.199. The first-order valence-electron chi connectivity index (χ1n) is 6.02. The second-order valence-corrected chi connectivity index (χ2v) is 4.86. The number of hydrogen-bond acceptors (Lipinski definition) is 3. The molecule has 0 aromatic carbocycles. The Morgan fingerprint density at radius 3 is 2.65 bits per heavy atom. The standard InChI is InChI=1S/C12H22N4.ClH/c1-9-7-16(6-5-13-9)8-12-10(2)14-15(4)11(12)3;/h9,13H,5-8H2,1-4H3;1H. The van der Waals surface area contributed by atoms with Crippen LogP contribution < -0.4 is 5.32 Å². The minimum atomic E-state index is 0. The molecule has 1 atom stereocenters. The average Bonchev–Trinajstić information content (AvgIpc) is 2.45. The topological polar surface area (TPSA) is 33.1 Å². The van der Waals surface area contributed by atoms with Crippen LogP contribution in [0.2, 0.25) is 0 Å². The Labute approximate surface area is 110 Å². The number of aryl methyl sites for hydroxylation is 2. The summed E-state index contributed by atoms with van der Waals surface area (Å²) >= 11 is 0. The molecule has 1 fully saturated rings. The third-order valence-corrected chi connectivity index (χ3v) is 3.49. The van der Waals surface area contributed by atoms with Gasteiger partial charge in [0.1, 0.15) is 0 Å². The molecule has 1 saturated heterocycles. The van der Waals surface area contributed by atoms with E-state index in [1.54, 1.807) is 0 Å². The zero-order valence-electron chi connectivity index (χ0n) is 11.2. The van der Waals surface area contributed by atoms with Gasteiger partial charge in [-0.3, -0.25) is 9.58 Å². The fraction of sp³-hybridized carbons (Fsp3) is 0.750. The summed E-state index contributed by atoms with van der Waals surface area (Å²) in [5, 5.41) is 7.94. The smallest absolute Gasteiger partial charge is 0.0641 e. The molecule has 2 rings (SSSR count). The Morgan fingerprint density at radius 1 is 1.41 bits per heavy atom. The summed E-state index contributed by atoms with van der Waals surface area (Å²) in [4.78, 5) is 2.51. The van der Waals surface area contributed by atoms with E-state index < -0.39 is 0 Å². The van der Waals surface area contributed by atoms with E-state index in [0.717, 1.165) is 26.2 Å². The maximum atomic E-state index is 4.47. The molecule has 1 aromatic rings. The van der Waals surface area contributed by atoms with Crippen molar-refractivity contribution in [2.45, 2.75) is 33.4 Å². The van der Waals surface area contributed by atoms with E-state index in [4.69, 9.17) is 0 Å². The van der Waals surface area contributed by atoms with Crippen LogP contribution in [0.4, 0.5) is 0 Å². The first kappa shape index (κ1) is 14.5. The Hall–Kier alpha value is -0.580. The van der Waals surface area contributed by atoms with E-state index >= 15 is 0 Å². The highest BCUT2D eigenvalue weighted by atomic mass is 35.5. The molecule has 17 heavy (non-hydrogen) atoms. The average molecular weight is 259 g/mol. The quantitative estimate of drug-likeness (QED) is 0.867. The number of nitrogens with one attached hydrogen (secondary N) is 1. The van der Waals surface area contributed by atoms with E-state index in [1.165, 1.54) is 17.0 Å². The lowest BCUT2D eigenvalue weighted by atomic mass is 10.1. The van der Waals surface area contributed by atoms with Crippen LogP contribution in [0.1, 0.15) is 23.9 Å².